The molecular formula is C23H23F3N4O2. The number of allylic oxidation sites excluding steroid dienone is 2. The third kappa shape index (κ3) is 2.72. The standard InChI is InChI=1S/C23H23F3N4O2/c1-3-22(13-5-4-6-14(9-13)23(24,25)26)15-12-27-29-19(15)28-16-10-21(11-17(31)18(16)22)7-8-30(2)20(21)32/h4-6,9,12,19,28H,3,7-8,10-11H2,1-2H3/t19?,21-,22+/m0/s1. The van der Waals surface area contributed by atoms with Crippen LogP contribution < -0.4 is 5.32 Å². The second-order valence-electron chi connectivity index (χ2n) is 9.09. The lowest BCUT2D eigenvalue weighted by molar-refractivity contribution is -0.139. The number of likely N-dealkylation sites (tertiary alicyclic amines) is 1. The predicted molar refractivity (Wildman–Crippen MR) is 109 cm³/mol. The van der Waals surface area contributed by atoms with Crippen molar-refractivity contribution in [2.45, 2.75) is 50.4 Å². The van der Waals surface area contributed by atoms with Gasteiger partial charge in [0.2, 0.25) is 5.91 Å². The highest BCUT2D eigenvalue weighted by molar-refractivity contribution is 6.05. The van der Waals surface area contributed by atoms with Crippen LogP contribution in [-0.4, -0.2) is 36.3 Å². The molecule has 0 bridgehead atoms. The van der Waals surface area contributed by atoms with Gasteiger partial charge >= 0.3 is 6.18 Å². The van der Waals surface area contributed by atoms with Crippen LogP contribution in [0.2, 0.25) is 0 Å². The number of carbonyl (C=O) groups excluding carboxylic acids is 2. The van der Waals surface area contributed by atoms with Crippen LogP contribution in [0.25, 0.3) is 0 Å². The number of azo groups is 1. The van der Waals surface area contributed by atoms with Crippen molar-refractivity contribution in [3.63, 3.8) is 0 Å². The van der Waals surface area contributed by atoms with Crippen molar-refractivity contribution >= 4 is 11.7 Å². The Kier molecular flexibility index (Phi) is 4.42. The molecule has 5 rings (SSSR count). The molecule has 1 aromatic carbocycles. The monoisotopic (exact) mass is 444 g/mol. The molecule has 1 N–H and O–H groups in total. The van der Waals surface area contributed by atoms with Crippen LogP contribution in [0.5, 0.6) is 0 Å². The molecule has 0 saturated carbocycles. The van der Waals surface area contributed by atoms with Crippen LogP contribution in [0.3, 0.4) is 0 Å². The summed E-state index contributed by atoms with van der Waals surface area (Å²) < 4.78 is 40.6. The number of carbonyl (C=O) groups is 2. The molecule has 1 saturated heterocycles. The van der Waals surface area contributed by atoms with Crippen molar-refractivity contribution in [1.82, 2.24) is 10.2 Å². The van der Waals surface area contributed by atoms with E-state index in [2.05, 4.69) is 15.5 Å². The van der Waals surface area contributed by atoms with Crippen LogP contribution in [0.1, 0.15) is 43.7 Å². The maximum Gasteiger partial charge on any atom is 0.416 e. The third-order valence-corrected chi connectivity index (χ3v) is 7.44. The quantitative estimate of drug-likeness (QED) is 0.747. The minimum absolute atomic E-state index is 0.0592. The Morgan fingerprint density at radius 2 is 2.03 bits per heavy atom. The average molecular weight is 444 g/mol. The van der Waals surface area contributed by atoms with Gasteiger partial charge in [-0.1, -0.05) is 25.1 Å². The summed E-state index contributed by atoms with van der Waals surface area (Å²) in [4.78, 5) is 28.3. The summed E-state index contributed by atoms with van der Waals surface area (Å²) in [5, 5.41) is 11.5. The lowest BCUT2D eigenvalue weighted by atomic mass is 9.58. The van der Waals surface area contributed by atoms with Crippen molar-refractivity contribution in [2.24, 2.45) is 15.6 Å². The zero-order chi connectivity index (χ0) is 22.9. The molecule has 9 heteroatoms. The molecule has 3 heterocycles. The van der Waals surface area contributed by atoms with Crippen molar-refractivity contribution < 1.29 is 22.8 Å². The number of benzene rings is 1. The molecule has 1 spiro atoms. The highest BCUT2D eigenvalue weighted by atomic mass is 19.4. The summed E-state index contributed by atoms with van der Waals surface area (Å²) in [6.07, 6.45) is -2.17. The van der Waals surface area contributed by atoms with Gasteiger partial charge in [-0.15, -0.1) is 0 Å². The molecule has 6 nitrogen and oxygen atoms in total. The van der Waals surface area contributed by atoms with Gasteiger partial charge in [-0.05, 0) is 24.5 Å². The van der Waals surface area contributed by atoms with Gasteiger partial charge in [-0.3, -0.25) is 9.59 Å². The lowest BCUT2D eigenvalue weighted by Gasteiger charge is -2.48. The summed E-state index contributed by atoms with van der Waals surface area (Å²) in [5.74, 6) is -0.261. The van der Waals surface area contributed by atoms with Gasteiger partial charge in [0.25, 0.3) is 0 Å². The van der Waals surface area contributed by atoms with Crippen LogP contribution in [-0.2, 0) is 21.2 Å². The maximum atomic E-state index is 13.7. The summed E-state index contributed by atoms with van der Waals surface area (Å²) >= 11 is 0. The van der Waals surface area contributed by atoms with Gasteiger partial charge < -0.3 is 10.2 Å². The molecule has 1 unspecified atom stereocenters. The molecule has 168 valence electrons. The molecule has 1 amide bonds. The fourth-order valence-electron chi connectivity index (χ4n) is 5.91. The van der Waals surface area contributed by atoms with Crippen molar-refractivity contribution in [3.8, 4) is 0 Å². The third-order valence-electron chi connectivity index (χ3n) is 7.44. The highest BCUT2D eigenvalue weighted by Crippen LogP contribution is 2.55. The number of Topliss-reactive ketones (excluding diaryl/α,β-unsaturated/α-hetero) is 1. The molecule has 1 aromatic rings. The molecule has 1 fully saturated rings. The lowest BCUT2D eigenvalue weighted by Crippen LogP contribution is -2.53. The number of hydrogen-bond donors (Lipinski definition) is 1. The Morgan fingerprint density at radius 3 is 2.69 bits per heavy atom. The molecule has 4 aliphatic rings. The number of rotatable bonds is 2. The summed E-state index contributed by atoms with van der Waals surface area (Å²) in [7, 11) is 1.73. The maximum absolute atomic E-state index is 13.7. The van der Waals surface area contributed by atoms with Gasteiger partial charge in [0.1, 0.15) is 0 Å². The normalized spacial score (nSPS) is 31.7. The number of hydrogen-bond acceptors (Lipinski definition) is 5. The number of ketones is 1. The zero-order valence-electron chi connectivity index (χ0n) is 17.8. The Bertz CT molecular complexity index is 1120. The molecule has 3 aliphatic heterocycles. The number of halogens is 3. The molecular weight excluding hydrogens is 421 g/mol. The number of nitrogens with zero attached hydrogens (tertiary/aromatic N) is 3. The number of fused-ring (bicyclic) bond motifs is 1. The van der Waals surface area contributed by atoms with Crippen molar-refractivity contribution in [2.75, 3.05) is 13.6 Å². The number of nitrogens with one attached hydrogen (secondary N) is 1. The van der Waals surface area contributed by atoms with E-state index in [1.807, 2.05) is 6.92 Å². The van der Waals surface area contributed by atoms with Crippen LogP contribution >= 0.6 is 0 Å². The minimum atomic E-state index is -4.51. The molecule has 3 atom stereocenters. The van der Waals surface area contributed by atoms with Gasteiger partial charge in [0.15, 0.2) is 11.9 Å². The van der Waals surface area contributed by atoms with Gasteiger partial charge in [-0.2, -0.15) is 23.4 Å². The fraction of sp³-hybridized carbons (Fsp3) is 0.478. The molecule has 1 aliphatic carbocycles. The van der Waals surface area contributed by atoms with E-state index < -0.39 is 28.7 Å². The van der Waals surface area contributed by atoms with E-state index in [1.165, 1.54) is 6.07 Å². The highest BCUT2D eigenvalue weighted by Gasteiger charge is 2.57. The second-order valence-corrected chi connectivity index (χ2v) is 9.09. The van der Waals surface area contributed by atoms with Crippen molar-refractivity contribution in [3.05, 3.63) is 58.4 Å². The minimum Gasteiger partial charge on any atom is -0.362 e. The Hall–Kier alpha value is -2.97. The first-order valence-electron chi connectivity index (χ1n) is 10.7. The summed E-state index contributed by atoms with van der Waals surface area (Å²) in [6, 6.07) is 5.17. The van der Waals surface area contributed by atoms with Crippen LogP contribution in [0.15, 0.2) is 57.5 Å². The van der Waals surface area contributed by atoms with Crippen molar-refractivity contribution in [1.29, 1.82) is 0 Å². The van der Waals surface area contributed by atoms with Crippen LogP contribution in [0, 0.1) is 5.41 Å². The van der Waals surface area contributed by atoms with Gasteiger partial charge in [-0.25, -0.2) is 0 Å². The van der Waals surface area contributed by atoms with E-state index in [1.54, 1.807) is 24.2 Å². The zero-order valence-corrected chi connectivity index (χ0v) is 17.8. The van der Waals surface area contributed by atoms with Gasteiger partial charge in [0.05, 0.1) is 22.6 Å². The van der Waals surface area contributed by atoms with E-state index in [-0.39, 0.29) is 18.1 Å². The van der Waals surface area contributed by atoms with E-state index in [0.717, 1.165) is 12.1 Å². The second kappa shape index (κ2) is 6.76. The number of amides is 1. The van der Waals surface area contributed by atoms with Crippen LogP contribution in [0.4, 0.5) is 13.2 Å². The van der Waals surface area contributed by atoms with E-state index in [0.29, 0.717) is 48.2 Å². The van der Waals surface area contributed by atoms with Gasteiger partial charge in [0, 0.05) is 43.3 Å². The summed E-state index contributed by atoms with van der Waals surface area (Å²) in [6.45, 7) is 2.44. The topological polar surface area (TPSA) is 74.1 Å². The summed E-state index contributed by atoms with van der Waals surface area (Å²) in [5.41, 5.74) is -0.539. The SMILES string of the molecule is CC[C@@]1(c2cccc(C(F)(F)F)c2)C2=CN=NC2NC2=C1C(=O)C[C@]1(CCN(C)C1=O)C2. The van der Waals surface area contributed by atoms with E-state index >= 15 is 0 Å². The first-order chi connectivity index (χ1) is 15.1. The molecule has 0 aromatic heterocycles. The first kappa shape index (κ1) is 20.9. The largest absolute Gasteiger partial charge is 0.416 e. The molecule has 0 radical (unpaired) electrons. The fourth-order valence-corrected chi connectivity index (χ4v) is 5.91. The van der Waals surface area contributed by atoms with E-state index in [9.17, 15) is 22.8 Å². The van der Waals surface area contributed by atoms with E-state index in [4.69, 9.17) is 0 Å². The first-order valence-corrected chi connectivity index (χ1v) is 10.7. The number of alkyl halides is 3. The Morgan fingerprint density at radius 1 is 1.25 bits per heavy atom. The Labute approximate surface area is 183 Å². The predicted octanol–water partition coefficient (Wildman–Crippen LogP) is 4.10. The molecule has 32 heavy (non-hydrogen) atoms. The average Bonchev–Trinajstić information content (AvgIpc) is 3.32. The smallest absolute Gasteiger partial charge is 0.362 e. The Balaban J connectivity index is 1.72.